The Hall–Kier alpha value is -3.61. The van der Waals surface area contributed by atoms with E-state index in [9.17, 15) is 19.1 Å². The number of hydrogen-bond acceptors (Lipinski definition) is 5. The van der Waals surface area contributed by atoms with Gasteiger partial charge in [-0.1, -0.05) is 12.1 Å². The van der Waals surface area contributed by atoms with Crippen LogP contribution in [0, 0.1) is 29.0 Å². The number of amides is 2. The van der Waals surface area contributed by atoms with E-state index in [4.69, 9.17) is 5.26 Å². The highest BCUT2D eigenvalue weighted by Gasteiger charge is 2.37. The number of benzene rings is 2. The number of anilines is 1. The molecule has 8 nitrogen and oxygen atoms in total. The van der Waals surface area contributed by atoms with E-state index < -0.39 is 17.3 Å². The second kappa shape index (κ2) is 13.2. The van der Waals surface area contributed by atoms with Crippen LogP contribution >= 0.6 is 0 Å². The molecule has 0 atom stereocenters. The number of aliphatic hydroxyl groups is 1. The Labute approximate surface area is 260 Å². The molecule has 2 aromatic carbocycles. The number of nitrogens with zero attached hydrogens (tertiary/aromatic N) is 4. The lowest BCUT2D eigenvalue weighted by atomic mass is 9.83. The zero-order valence-electron chi connectivity index (χ0n) is 26.3. The molecule has 2 heterocycles. The monoisotopic (exact) mass is 601 g/mol. The highest BCUT2D eigenvalue weighted by Crippen LogP contribution is 2.38. The summed E-state index contributed by atoms with van der Waals surface area (Å²) in [6.07, 6.45) is 5.52. The van der Waals surface area contributed by atoms with Gasteiger partial charge in [-0.3, -0.25) is 14.5 Å². The van der Waals surface area contributed by atoms with Crippen LogP contribution in [0.1, 0.15) is 93.3 Å². The summed E-state index contributed by atoms with van der Waals surface area (Å²) in [6.45, 7) is 10.4. The fourth-order valence-electron chi connectivity index (χ4n) is 6.95. The average molecular weight is 602 g/mol. The third kappa shape index (κ3) is 7.19. The minimum Gasteiger partial charge on any atom is -0.390 e. The molecule has 2 fully saturated rings. The normalized spacial score (nSPS) is 22.2. The zero-order chi connectivity index (χ0) is 31.6. The maximum Gasteiger partial charge on any atom is 0.278 e. The maximum absolute atomic E-state index is 14.3. The van der Waals surface area contributed by atoms with Crippen LogP contribution < -0.4 is 10.2 Å². The van der Waals surface area contributed by atoms with E-state index in [0.29, 0.717) is 18.2 Å². The largest absolute Gasteiger partial charge is 0.390 e. The van der Waals surface area contributed by atoms with Crippen molar-refractivity contribution in [3.63, 3.8) is 0 Å². The predicted molar refractivity (Wildman–Crippen MR) is 169 cm³/mol. The van der Waals surface area contributed by atoms with Gasteiger partial charge in [-0.25, -0.2) is 4.39 Å². The molecular formula is C35H44FN5O3. The summed E-state index contributed by atoms with van der Waals surface area (Å²) in [4.78, 5) is 35.1. The maximum atomic E-state index is 14.3. The van der Waals surface area contributed by atoms with E-state index >= 15 is 0 Å². The number of nitriles is 1. The summed E-state index contributed by atoms with van der Waals surface area (Å²) in [5.41, 5.74) is 2.65. The predicted octanol–water partition coefficient (Wildman–Crippen LogP) is 5.37. The van der Waals surface area contributed by atoms with Crippen LogP contribution in [0.3, 0.4) is 0 Å². The molecule has 0 unspecified atom stereocenters. The van der Waals surface area contributed by atoms with Crippen molar-refractivity contribution >= 4 is 23.3 Å². The van der Waals surface area contributed by atoms with Crippen molar-refractivity contribution < 1.29 is 19.1 Å². The fraction of sp³-hybridized carbons (Fsp3) is 0.543. The van der Waals surface area contributed by atoms with E-state index in [2.05, 4.69) is 38.3 Å². The van der Waals surface area contributed by atoms with Crippen LogP contribution in [0.15, 0.2) is 41.4 Å². The first kappa shape index (κ1) is 31.8. The standard InChI is InChI=1S/C35H44FN5O3/c1-22(2)38-33(42)24-9-11-29(12-10-24)41-31-17-23(21-40-15-13-28(14-16-40)35(3,4)44)5-6-25(31)19-32(41)39-34(43)26-7-8-27(20-37)30(36)18-26/h5-8,17-18,22,24,28-29,44H,9-16,19,21H2,1-4H3,(H,38,42). The molecule has 0 radical (unpaired) electrons. The van der Waals surface area contributed by atoms with E-state index in [1.165, 1.54) is 17.7 Å². The topological polar surface area (TPSA) is 109 Å². The van der Waals surface area contributed by atoms with E-state index in [1.807, 2.05) is 27.7 Å². The van der Waals surface area contributed by atoms with Crippen molar-refractivity contribution in [2.75, 3.05) is 18.0 Å². The van der Waals surface area contributed by atoms with Gasteiger partial charge in [0.1, 0.15) is 17.7 Å². The number of carbonyl (C=O) groups is 2. The van der Waals surface area contributed by atoms with E-state index in [-0.39, 0.29) is 35.0 Å². The SMILES string of the molecule is CC(C)NC(=O)C1CCC(N2C(=NC(=O)c3ccc(C#N)c(F)c3)Cc3ccc(CN4CCC(C(C)(C)O)CC4)cc32)CC1. The molecule has 5 rings (SSSR count). The quantitative estimate of drug-likeness (QED) is 0.442. The van der Waals surface area contributed by atoms with Crippen molar-refractivity contribution in [1.29, 1.82) is 5.26 Å². The molecule has 2 aliphatic heterocycles. The lowest BCUT2D eigenvalue weighted by molar-refractivity contribution is -0.126. The van der Waals surface area contributed by atoms with E-state index in [0.717, 1.165) is 75.5 Å². The highest BCUT2D eigenvalue weighted by atomic mass is 19.1. The fourth-order valence-corrected chi connectivity index (χ4v) is 6.95. The number of carbonyl (C=O) groups excluding carboxylic acids is 2. The van der Waals surface area contributed by atoms with Gasteiger partial charge in [0.2, 0.25) is 5.91 Å². The molecule has 2 N–H and O–H groups in total. The summed E-state index contributed by atoms with van der Waals surface area (Å²) in [5.74, 6) is -0.276. The molecule has 44 heavy (non-hydrogen) atoms. The number of likely N-dealkylation sites (tertiary alicyclic amines) is 1. The second-order valence-corrected chi connectivity index (χ2v) is 13.5. The van der Waals surface area contributed by atoms with Crippen LogP contribution in [-0.2, 0) is 17.8 Å². The third-order valence-corrected chi connectivity index (χ3v) is 9.46. The van der Waals surface area contributed by atoms with Crippen molar-refractivity contribution in [2.45, 2.75) is 96.9 Å². The highest BCUT2D eigenvalue weighted by molar-refractivity contribution is 6.12. The molecule has 2 aromatic rings. The Bertz CT molecular complexity index is 1460. The van der Waals surface area contributed by atoms with Crippen molar-refractivity contribution in [3.8, 4) is 6.07 Å². The molecule has 3 aliphatic rings. The molecule has 1 saturated heterocycles. The summed E-state index contributed by atoms with van der Waals surface area (Å²) >= 11 is 0. The lowest BCUT2D eigenvalue weighted by Gasteiger charge is -2.38. The molecule has 2 amide bonds. The summed E-state index contributed by atoms with van der Waals surface area (Å²) in [6, 6.07) is 12.3. The van der Waals surface area contributed by atoms with Gasteiger partial charge in [0.05, 0.1) is 11.2 Å². The van der Waals surface area contributed by atoms with Crippen molar-refractivity contribution in [3.05, 3.63) is 64.5 Å². The number of hydrogen-bond donors (Lipinski definition) is 2. The van der Waals surface area contributed by atoms with Gasteiger partial charge >= 0.3 is 0 Å². The van der Waals surface area contributed by atoms with Gasteiger partial charge in [-0.2, -0.15) is 10.3 Å². The molecule has 0 bridgehead atoms. The molecule has 0 spiro atoms. The molecule has 1 saturated carbocycles. The first-order valence-corrected chi connectivity index (χ1v) is 15.9. The summed E-state index contributed by atoms with van der Waals surface area (Å²) < 4.78 is 14.3. The number of rotatable bonds is 7. The molecule has 1 aliphatic carbocycles. The first-order valence-electron chi connectivity index (χ1n) is 15.9. The number of halogens is 1. The molecule has 9 heteroatoms. The zero-order valence-corrected chi connectivity index (χ0v) is 26.3. The van der Waals surface area contributed by atoms with Gasteiger partial charge in [0.25, 0.3) is 5.91 Å². The van der Waals surface area contributed by atoms with E-state index in [1.54, 1.807) is 6.07 Å². The van der Waals surface area contributed by atoms with Gasteiger partial charge in [-0.05, 0) is 121 Å². The summed E-state index contributed by atoms with van der Waals surface area (Å²) in [7, 11) is 0. The Balaban J connectivity index is 1.38. The lowest BCUT2D eigenvalue weighted by Crippen LogP contribution is -2.44. The third-order valence-electron chi connectivity index (χ3n) is 9.46. The Morgan fingerprint density at radius 3 is 2.41 bits per heavy atom. The Kier molecular flexibility index (Phi) is 9.52. The number of piperidine rings is 1. The molecule has 0 aromatic heterocycles. The number of nitrogens with one attached hydrogen (secondary N) is 1. The average Bonchev–Trinajstić information content (AvgIpc) is 3.33. The molecular weight excluding hydrogens is 557 g/mol. The van der Waals surface area contributed by atoms with Crippen molar-refractivity contribution in [1.82, 2.24) is 10.2 Å². The van der Waals surface area contributed by atoms with Crippen LogP contribution in [0.4, 0.5) is 10.1 Å². The minimum absolute atomic E-state index is 0.0301. The first-order chi connectivity index (χ1) is 20.9. The van der Waals surface area contributed by atoms with Gasteiger partial charge in [-0.15, -0.1) is 0 Å². The van der Waals surface area contributed by atoms with Crippen LogP contribution in [0.5, 0.6) is 0 Å². The molecule has 234 valence electrons. The van der Waals surface area contributed by atoms with Gasteiger partial charge < -0.3 is 15.3 Å². The Morgan fingerprint density at radius 2 is 1.80 bits per heavy atom. The van der Waals surface area contributed by atoms with Crippen LogP contribution in [0.2, 0.25) is 0 Å². The van der Waals surface area contributed by atoms with Gasteiger partial charge in [0, 0.05) is 42.2 Å². The number of fused-ring (bicyclic) bond motifs is 1. The number of aliphatic imine (C=N–C) groups is 1. The van der Waals surface area contributed by atoms with Gasteiger partial charge in [0.15, 0.2) is 0 Å². The minimum atomic E-state index is -0.737. The van der Waals surface area contributed by atoms with Crippen molar-refractivity contribution in [2.24, 2.45) is 16.8 Å². The smallest absolute Gasteiger partial charge is 0.278 e. The van der Waals surface area contributed by atoms with Crippen LogP contribution in [-0.4, -0.2) is 58.4 Å². The summed E-state index contributed by atoms with van der Waals surface area (Å²) in [5, 5.41) is 22.6. The Morgan fingerprint density at radius 1 is 1.09 bits per heavy atom. The second-order valence-electron chi connectivity index (χ2n) is 13.5. The van der Waals surface area contributed by atoms with Crippen LogP contribution in [0.25, 0.3) is 0 Å². The number of amidine groups is 1.